The maximum Gasteiger partial charge on any atom is 0.268 e. The van der Waals surface area contributed by atoms with E-state index in [9.17, 15) is 9.59 Å². The molecule has 1 atom stereocenters. The lowest BCUT2D eigenvalue weighted by Gasteiger charge is -2.33. The number of anilines is 1. The van der Waals surface area contributed by atoms with Gasteiger partial charge in [-0.25, -0.2) is 0 Å². The summed E-state index contributed by atoms with van der Waals surface area (Å²) in [5.41, 5.74) is 3.84. The van der Waals surface area contributed by atoms with Crippen LogP contribution in [0.15, 0.2) is 42.5 Å². The summed E-state index contributed by atoms with van der Waals surface area (Å²) in [6, 6.07) is 13.7. The molecule has 7 heteroatoms. The van der Waals surface area contributed by atoms with Gasteiger partial charge in [-0.05, 0) is 36.2 Å². The fourth-order valence-electron chi connectivity index (χ4n) is 4.09. The number of aryl methyl sites for hydroxylation is 1. The molecule has 152 valence electrons. The number of thioether (sulfide) groups is 1. The second-order valence-corrected chi connectivity index (χ2v) is 8.46. The lowest BCUT2D eigenvalue weighted by molar-refractivity contribution is -0.143. The molecule has 29 heavy (non-hydrogen) atoms. The lowest BCUT2D eigenvalue weighted by Crippen LogP contribution is -2.51. The number of amides is 2. The minimum atomic E-state index is -1.07. The minimum Gasteiger partial charge on any atom is -0.497 e. The molecule has 0 saturated carbocycles. The van der Waals surface area contributed by atoms with Crippen LogP contribution in [-0.2, 0) is 25.7 Å². The smallest absolute Gasteiger partial charge is 0.268 e. The third-order valence-corrected chi connectivity index (χ3v) is 6.98. The summed E-state index contributed by atoms with van der Waals surface area (Å²) in [5.74, 6) is 1.09. The normalized spacial score (nSPS) is 20.4. The molecule has 2 aliphatic rings. The van der Waals surface area contributed by atoms with Crippen molar-refractivity contribution < 1.29 is 19.1 Å². The van der Waals surface area contributed by atoms with Crippen LogP contribution in [0.3, 0.4) is 0 Å². The van der Waals surface area contributed by atoms with E-state index in [1.54, 1.807) is 16.9 Å². The topological polar surface area (TPSA) is 59.1 Å². The van der Waals surface area contributed by atoms with Crippen molar-refractivity contribution in [3.05, 3.63) is 59.2 Å². The Labute approximate surface area is 174 Å². The Morgan fingerprint density at radius 1 is 1.21 bits per heavy atom. The number of hydrogen-bond acceptors (Lipinski definition) is 5. The van der Waals surface area contributed by atoms with Crippen molar-refractivity contribution in [2.75, 3.05) is 38.0 Å². The largest absolute Gasteiger partial charge is 0.497 e. The highest BCUT2D eigenvalue weighted by Gasteiger charge is 2.59. The summed E-state index contributed by atoms with van der Waals surface area (Å²) in [6.07, 6.45) is 0. The first-order valence-corrected chi connectivity index (χ1v) is 10.5. The Hall–Kier alpha value is -2.51. The molecule has 1 unspecified atom stereocenters. The van der Waals surface area contributed by atoms with Crippen LogP contribution >= 0.6 is 11.8 Å². The van der Waals surface area contributed by atoms with Crippen molar-refractivity contribution in [3.63, 3.8) is 0 Å². The number of fused-ring (bicyclic) bond motifs is 2. The molecule has 2 aromatic rings. The maximum absolute atomic E-state index is 13.9. The number of carbonyl (C=O) groups is 2. The highest BCUT2D eigenvalue weighted by molar-refractivity contribution is 8.01. The lowest BCUT2D eigenvalue weighted by atomic mass is 10.1. The van der Waals surface area contributed by atoms with Gasteiger partial charge in [-0.2, -0.15) is 0 Å². The number of methoxy groups -OCH3 is 2. The predicted octanol–water partition coefficient (Wildman–Crippen LogP) is 2.93. The molecule has 1 saturated heterocycles. The number of hydrogen-bond donors (Lipinski definition) is 0. The number of carbonyl (C=O) groups excluding carboxylic acids is 2. The average Bonchev–Trinajstić information content (AvgIpc) is 3.27. The summed E-state index contributed by atoms with van der Waals surface area (Å²) in [4.78, 5) is 29.1. The Morgan fingerprint density at radius 2 is 2.00 bits per heavy atom. The van der Waals surface area contributed by atoms with Crippen LogP contribution in [0.1, 0.15) is 16.7 Å². The molecular weight excluding hydrogens is 388 g/mol. The van der Waals surface area contributed by atoms with Gasteiger partial charge in [0, 0.05) is 25.0 Å². The Balaban J connectivity index is 1.82. The Morgan fingerprint density at radius 3 is 2.72 bits per heavy atom. The van der Waals surface area contributed by atoms with Gasteiger partial charge < -0.3 is 19.3 Å². The van der Waals surface area contributed by atoms with Crippen LogP contribution in [0.4, 0.5) is 5.69 Å². The van der Waals surface area contributed by atoms with Crippen molar-refractivity contribution in [1.82, 2.24) is 4.90 Å². The molecule has 6 nitrogen and oxygen atoms in total. The molecule has 2 heterocycles. The van der Waals surface area contributed by atoms with Gasteiger partial charge in [0.2, 0.25) is 5.91 Å². The molecule has 2 aliphatic heterocycles. The van der Waals surface area contributed by atoms with E-state index in [0.717, 1.165) is 22.4 Å². The fourth-order valence-corrected chi connectivity index (χ4v) is 5.56. The van der Waals surface area contributed by atoms with E-state index in [0.29, 0.717) is 24.6 Å². The molecule has 0 radical (unpaired) electrons. The van der Waals surface area contributed by atoms with E-state index < -0.39 is 4.87 Å². The van der Waals surface area contributed by atoms with E-state index >= 15 is 0 Å². The van der Waals surface area contributed by atoms with Crippen molar-refractivity contribution in [3.8, 4) is 5.75 Å². The summed E-state index contributed by atoms with van der Waals surface area (Å²) in [6.45, 7) is 2.96. The van der Waals surface area contributed by atoms with Gasteiger partial charge in [0.15, 0.2) is 4.87 Å². The predicted molar refractivity (Wildman–Crippen MR) is 113 cm³/mol. The summed E-state index contributed by atoms with van der Waals surface area (Å²) >= 11 is 1.51. The SMILES string of the molecule is COCC(=O)N1CCSC12C(=O)N(Cc1ccccc1C)c1ccc(OC)cc12. The molecule has 2 aromatic carbocycles. The van der Waals surface area contributed by atoms with Crippen LogP contribution in [-0.4, -0.2) is 49.8 Å². The molecular formula is C22H24N2O4S. The fraction of sp³-hybridized carbons (Fsp3) is 0.364. The van der Waals surface area contributed by atoms with E-state index in [4.69, 9.17) is 9.47 Å². The van der Waals surface area contributed by atoms with Crippen molar-refractivity contribution >= 4 is 29.3 Å². The number of nitrogens with zero attached hydrogens (tertiary/aromatic N) is 2. The third kappa shape index (κ3) is 3.09. The molecule has 0 N–H and O–H groups in total. The zero-order valence-electron chi connectivity index (χ0n) is 16.8. The number of ether oxygens (including phenoxy) is 2. The van der Waals surface area contributed by atoms with Crippen molar-refractivity contribution in [2.24, 2.45) is 0 Å². The average molecular weight is 413 g/mol. The molecule has 2 amide bonds. The van der Waals surface area contributed by atoms with Crippen LogP contribution < -0.4 is 9.64 Å². The zero-order valence-corrected chi connectivity index (χ0v) is 17.6. The van der Waals surface area contributed by atoms with E-state index in [1.165, 1.54) is 18.9 Å². The van der Waals surface area contributed by atoms with E-state index in [-0.39, 0.29) is 18.4 Å². The van der Waals surface area contributed by atoms with E-state index in [1.807, 2.05) is 49.4 Å². The quantitative estimate of drug-likeness (QED) is 0.756. The molecule has 0 aliphatic carbocycles. The number of benzene rings is 2. The van der Waals surface area contributed by atoms with Gasteiger partial charge in [0.05, 0.1) is 19.3 Å². The summed E-state index contributed by atoms with van der Waals surface area (Å²) in [5, 5.41) is 0. The van der Waals surface area contributed by atoms with Gasteiger partial charge in [0.25, 0.3) is 5.91 Å². The van der Waals surface area contributed by atoms with Gasteiger partial charge in [-0.15, -0.1) is 11.8 Å². The second kappa shape index (κ2) is 7.72. The van der Waals surface area contributed by atoms with Crippen LogP contribution in [0.2, 0.25) is 0 Å². The van der Waals surface area contributed by atoms with Gasteiger partial charge in [-0.1, -0.05) is 24.3 Å². The molecule has 0 aromatic heterocycles. The highest BCUT2D eigenvalue weighted by Crippen LogP contribution is 2.55. The van der Waals surface area contributed by atoms with E-state index in [2.05, 4.69) is 0 Å². The van der Waals surface area contributed by atoms with Gasteiger partial charge in [0.1, 0.15) is 12.4 Å². The van der Waals surface area contributed by atoms with Crippen molar-refractivity contribution in [2.45, 2.75) is 18.3 Å². The monoisotopic (exact) mass is 412 g/mol. The number of rotatable bonds is 5. The van der Waals surface area contributed by atoms with Gasteiger partial charge >= 0.3 is 0 Å². The Kier molecular flexibility index (Phi) is 5.27. The van der Waals surface area contributed by atoms with Crippen molar-refractivity contribution in [1.29, 1.82) is 0 Å². The maximum atomic E-state index is 13.9. The molecule has 0 bridgehead atoms. The summed E-state index contributed by atoms with van der Waals surface area (Å²) < 4.78 is 10.5. The Bertz CT molecular complexity index is 964. The van der Waals surface area contributed by atoms with Crippen LogP contribution in [0.5, 0.6) is 5.75 Å². The van der Waals surface area contributed by atoms with Crippen LogP contribution in [0, 0.1) is 6.92 Å². The first-order chi connectivity index (χ1) is 14.0. The summed E-state index contributed by atoms with van der Waals surface area (Å²) in [7, 11) is 3.09. The standard InChI is InChI=1S/C22H24N2O4S/c1-15-6-4-5-7-16(15)13-23-19-9-8-17(28-3)12-18(19)22(21(23)26)24(10-11-29-22)20(25)14-27-2/h4-9,12H,10-11,13-14H2,1-3H3. The van der Waals surface area contributed by atoms with Crippen LogP contribution in [0.25, 0.3) is 0 Å². The third-order valence-electron chi connectivity index (χ3n) is 5.56. The highest BCUT2D eigenvalue weighted by atomic mass is 32.2. The van der Waals surface area contributed by atoms with Gasteiger partial charge in [-0.3, -0.25) is 9.59 Å². The second-order valence-electron chi connectivity index (χ2n) is 7.17. The minimum absolute atomic E-state index is 0.0489. The molecule has 4 rings (SSSR count). The first-order valence-electron chi connectivity index (χ1n) is 9.51. The molecule has 1 spiro atoms. The molecule has 1 fully saturated rings. The first kappa shape index (κ1) is 19.8. The zero-order chi connectivity index (χ0) is 20.6.